The first-order chi connectivity index (χ1) is 13.3. The number of nitrogens with one attached hydrogen (secondary N) is 1. The molecule has 4 rings (SSSR count). The van der Waals surface area contributed by atoms with Crippen LogP contribution >= 0.6 is 0 Å². The molecule has 0 amide bonds. The van der Waals surface area contributed by atoms with Gasteiger partial charge in [0, 0.05) is 31.9 Å². The number of para-hydroxylation sites is 1. The van der Waals surface area contributed by atoms with Crippen molar-refractivity contribution in [2.45, 2.75) is 13.1 Å². The van der Waals surface area contributed by atoms with Crippen LogP contribution in [0.15, 0.2) is 78.9 Å². The molecule has 0 aliphatic carbocycles. The molecule has 3 aromatic rings. The number of nitrogens with zero attached hydrogens (tertiary/aromatic N) is 2. The summed E-state index contributed by atoms with van der Waals surface area (Å²) in [6, 6.07) is 28.0. The molecule has 0 bridgehead atoms. The standard InChI is InChI=1S/C24H27N3/c1-26-15-16-27(19-26)18-21-10-6-8-14-24(21)23-13-7-5-9-20(23)17-25-22-11-3-2-4-12-22/h2-14,25H,15-19H2,1H3. The number of rotatable bonds is 6. The van der Waals surface area contributed by atoms with E-state index < -0.39 is 0 Å². The van der Waals surface area contributed by atoms with Gasteiger partial charge in [0.25, 0.3) is 0 Å². The Labute approximate surface area is 162 Å². The van der Waals surface area contributed by atoms with Gasteiger partial charge in [0.15, 0.2) is 0 Å². The number of likely N-dealkylation sites (N-methyl/N-ethyl adjacent to an activating group) is 1. The van der Waals surface area contributed by atoms with E-state index in [9.17, 15) is 0 Å². The van der Waals surface area contributed by atoms with Crippen LogP contribution in [0.5, 0.6) is 0 Å². The van der Waals surface area contributed by atoms with Gasteiger partial charge in [0.2, 0.25) is 0 Å². The van der Waals surface area contributed by atoms with Gasteiger partial charge in [-0.1, -0.05) is 66.7 Å². The summed E-state index contributed by atoms with van der Waals surface area (Å²) < 4.78 is 0. The Hall–Kier alpha value is -2.62. The fourth-order valence-electron chi connectivity index (χ4n) is 3.78. The van der Waals surface area contributed by atoms with E-state index in [1.54, 1.807) is 0 Å². The fraction of sp³-hybridized carbons (Fsp3) is 0.250. The highest BCUT2D eigenvalue weighted by Crippen LogP contribution is 2.29. The van der Waals surface area contributed by atoms with E-state index in [1.807, 2.05) is 6.07 Å². The van der Waals surface area contributed by atoms with Crippen molar-refractivity contribution in [1.82, 2.24) is 9.80 Å². The van der Waals surface area contributed by atoms with E-state index in [4.69, 9.17) is 0 Å². The lowest BCUT2D eigenvalue weighted by Crippen LogP contribution is -2.22. The van der Waals surface area contributed by atoms with Gasteiger partial charge in [0.05, 0.1) is 6.67 Å². The smallest absolute Gasteiger partial charge is 0.0507 e. The van der Waals surface area contributed by atoms with Gasteiger partial charge in [-0.25, -0.2) is 0 Å². The van der Waals surface area contributed by atoms with Crippen molar-refractivity contribution in [1.29, 1.82) is 0 Å². The quantitative estimate of drug-likeness (QED) is 0.691. The van der Waals surface area contributed by atoms with Gasteiger partial charge < -0.3 is 5.32 Å². The van der Waals surface area contributed by atoms with Crippen LogP contribution in [0.4, 0.5) is 5.69 Å². The Morgan fingerprint density at radius 2 is 1.37 bits per heavy atom. The summed E-state index contributed by atoms with van der Waals surface area (Å²) in [6.45, 7) is 5.16. The molecule has 27 heavy (non-hydrogen) atoms. The monoisotopic (exact) mass is 357 g/mol. The van der Waals surface area contributed by atoms with Crippen LogP contribution in [-0.2, 0) is 13.1 Å². The molecule has 0 aromatic heterocycles. The molecule has 1 N–H and O–H groups in total. The molecule has 1 fully saturated rings. The molecule has 3 heteroatoms. The van der Waals surface area contributed by atoms with Crippen LogP contribution in [0.3, 0.4) is 0 Å². The Morgan fingerprint density at radius 1 is 0.741 bits per heavy atom. The van der Waals surface area contributed by atoms with Crippen molar-refractivity contribution in [3.05, 3.63) is 90.0 Å². The van der Waals surface area contributed by atoms with E-state index in [-0.39, 0.29) is 0 Å². The second-order valence-corrected chi connectivity index (χ2v) is 7.31. The second-order valence-electron chi connectivity index (χ2n) is 7.31. The Kier molecular flexibility index (Phi) is 5.52. The maximum absolute atomic E-state index is 3.55. The van der Waals surface area contributed by atoms with E-state index in [1.165, 1.54) is 22.3 Å². The maximum atomic E-state index is 3.55. The highest BCUT2D eigenvalue weighted by molar-refractivity contribution is 5.71. The molecule has 3 aromatic carbocycles. The second kappa shape index (κ2) is 8.38. The number of anilines is 1. The molecule has 0 atom stereocenters. The van der Waals surface area contributed by atoms with Crippen molar-refractivity contribution in [2.75, 3.05) is 32.1 Å². The van der Waals surface area contributed by atoms with Gasteiger partial charge in [-0.05, 0) is 41.4 Å². The zero-order valence-electron chi connectivity index (χ0n) is 15.9. The van der Waals surface area contributed by atoms with Crippen LogP contribution in [0.1, 0.15) is 11.1 Å². The lowest BCUT2D eigenvalue weighted by atomic mass is 9.95. The van der Waals surface area contributed by atoms with Crippen molar-refractivity contribution < 1.29 is 0 Å². The Balaban J connectivity index is 1.58. The zero-order valence-corrected chi connectivity index (χ0v) is 15.9. The normalized spacial score (nSPS) is 15.1. The largest absolute Gasteiger partial charge is 0.381 e. The van der Waals surface area contributed by atoms with Crippen molar-refractivity contribution >= 4 is 5.69 Å². The van der Waals surface area contributed by atoms with Gasteiger partial charge >= 0.3 is 0 Å². The summed E-state index contributed by atoms with van der Waals surface area (Å²) in [5, 5.41) is 3.55. The third-order valence-corrected chi connectivity index (χ3v) is 5.21. The lowest BCUT2D eigenvalue weighted by Gasteiger charge is -2.19. The van der Waals surface area contributed by atoms with Crippen LogP contribution in [-0.4, -0.2) is 36.6 Å². The molecule has 1 saturated heterocycles. The lowest BCUT2D eigenvalue weighted by molar-refractivity contribution is 0.268. The highest BCUT2D eigenvalue weighted by Gasteiger charge is 2.18. The zero-order chi connectivity index (χ0) is 18.5. The number of hydrogen-bond acceptors (Lipinski definition) is 3. The van der Waals surface area contributed by atoms with E-state index in [2.05, 4.69) is 95.0 Å². The molecule has 1 aliphatic rings. The van der Waals surface area contributed by atoms with E-state index >= 15 is 0 Å². The summed E-state index contributed by atoms with van der Waals surface area (Å²) in [7, 11) is 2.19. The summed E-state index contributed by atoms with van der Waals surface area (Å²) in [5.41, 5.74) is 6.55. The van der Waals surface area contributed by atoms with Crippen LogP contribution < -0.4 is 5.32 Å². The predicted molar refractivity (Wildman–Crippen MR) is 114 cm³/mol. The average Bonchev–Trinajstić information content (AvgIpc) is 3.13. The molecular formula is C24H27N3. The fourth-order valence-corrected chi connectivity index (χ4v) is 3.78. The summed E-state index contributed by atoms with van der Waals surface area (Å²) in [4.78, 5) is 4.89. The van der Waals surface area contributed by atoms with Gasteiger partial charge in [0.1, 0.15) is 0 Å². The summed E-state index contributed by atoms with van der Waals surface area (Å²) >= 11 is 0. The third-order valence-electron chi connectivity index (χ3n) is 5.21. The molecule has 1 heterocycles. The molecule has 0 unspecified atom stereocenters. The number of hydrogen-bond donors (Lipinski definition) is 1. The van der Waals surface area contributed by atoms with E-state index in [0.29, 0.717) is 0 Å². The average molecular weight is 358 g/mol. The molecule has 0 radical (unpaired) electrons. The third kappa shape index (κ3) is 4.38. The molecule has 0 saturated carbocycles. The van der Waals surface area contributed by atoms with Crippen molar-refractivity contribution in [3.8, 4) is 11.1 Å². The summed E-state index contributed by atoms with van der Waals surface area (Å²) in [5.74, 6) is 0. The first-order valence-corrected chi connectivity index (χ1v) is 9.65. The SMILES string of the molecule is CN1CCN(Cc2ccccc2-c2ccccc2CNc2ccccc2)C1. The van der Waals surface area contributed by atoms with Gasteiger partial charge in [-0.3, -0.25) is 9.80 Å². The first kappa shape index (κ1) is 17.8. The molecule has 138 valence electrons. The molecule has 0 spiro atoms. The first-order valence-electron chi connectivity index (χ1n) is 9.65. The minimum atomic E-state index is 0.820. The van der Waals surface area contributed by atoms with E-state index in [0.717, 1.165) is 38.5 Å². The predicted octanol–water partition coefficient (Wildman–Crippen LogP) is 4.67. The Bertz CT molecular complexity index is 876. The minimum absolute atomic E-state index is 0.820. The van der Waals surface area contributed by atoms with Crippen LogP contribution in [0.2, 0.25) is 0 Å². The number of benzene rings is 3. The van der Waals surface area contributed by atoms with Gasteiger partial charge in [-0.2, -0.15) is 0 Å². The van der Waals surface area contributed by atoms with Gasteiger partial charge in [-0.15, -0.1) is 0 Å². The Morgan fingerprint density at radius 3 is 2.07 bits per heavy atom. The molecule has 3 nitrogen and oxygen atoms in total. The van der Waals surface area contributed by atoms with Crippen molar-refractivity contribution in [3.63, 3.8) is 0 Å². The highest BCUT2D eigenvalue weighted by atomic mass is 15.4. The molecular weight excluding hydrogens is 330 g/mol. The topological polar surface area (TPSA) is 18.5 Å². The molecule has 1 aliphatic heterocycles. The maximum Gasteiger partial charge on any atom is 0.0507 e. The van der Waals surface area contributed by atoms with Crippen molar-refractivity contribution in [2.24, 2.45) is 0 Å². The summed E-state index contributed by atoms with van der Waals surface area (Å²) in [6.07, 6.45) is 0. The van der Waals surface area contributed by atoms with Crippen LogP contribution in [0.25, 0.3) is 11.1 Å². The minimum Gasteiger partial charge on any atom is -0.381 e. The van der Waals surface area contributed by atoms with Crippen LogP contribution in [0, 0.1) is 0 Å².